The molecule has 4 nitrogen and oxygen atoms in total. The molecule has 0 aliphatic rings. The molecule has 0 bridgehead atoms. The summed E-state index contributed by atoms with van der Waals surface area (Å²) in [5.74, 6) is 0. The summed E-state index contributed by atoms with van der Waals surface area (Å²) in [4.78, 5) is 25.5. The molecule has 0 aliphatic carbocycles. The molecule has 0 saturated heterocycles. The van der Waals surface area contributed by atoms with Crippen molar-refractivity contribution in [3.63, 3.8) is 0 Å². The third-order valence-corrected chi connectivity index (χ3v) is 4.60. The molecular formula is C20H30N2O2. The van der Waals surface area contributed by atoms with E-state index < -0.39 is 0 Å². The number of fused-ring (bicyclic) bond motifs is 1. The highest BCUT2D eigenvalue weighted by atomic mass is 16.2. The summed E-state index contributed by atoms with van der Waals surface area (Å²) in [6, 6.07) is 7.49. The Hall–Kier alpha value is -1.84. The Morgan fingerprint density at radius 2 is 1.33 bits per heavy atom. The second-order valence-corrected chi connectivity index (χ2v) is 6.53. The normalized spacial score (nSPS) is 11.2. The molecule has 1 aromatic carbocycles. The second kappa shape index (κ2) is 9.45. The Balaban J connectivity index is 2.35. The van der Waals surface area contributed by atoms with Crippen LogP contribution in [0.15, 0.2) is 33.9 Å². The molecule has 132 valence electrons. The van der Waals surface area contributed by atoms with Crippen LogP contribution in [-0.2, 0) is 13.1 Å². The number of rotatable bonds is 10. The standard InChI is InChI=1S/C20H30N2O2/c1-3-5-7-11-15-21-18-14-10-9-13-17(18)19(23)22(20(21)24)16-12-8-6-4-2/h9-10,13-14H,3-8,11-12,15-16H2,1-2H3. The van der Waals surface area contributed by atoms with Crippen LogP contribution in [0.1, 0.15) is 65.2 Å². The monoisotopic (exact) mass is 330 g/mol. The Morgan fingerprint density at radius 3 is 1.96 bits per heavy atom. The molecule has 1 aromatic heterocycles. The Bertz CT molecular complexity index is 758. The van der Waals surface area contributed by atoms with Gasteiger partial charge in [0, 0.05) is 13.1 Å². The molecule has 0 fully saturated rings. The van der Waals surface area contributed by atoms with E-state index in [0.717, 1.165) is 44.0 Å². The highest BCUT2D eigenvalue weighted by Gasteiger charge is 2.12. The smallest absolute Gasteiger partial charge is 0.293 e. The molecule has 2 aromatic rings. The first-order valence-corrected chi connectivity index (χ1v) is 9.43. The zero-order valence-electron chi connectivity index (χ0n) is 15.1. The largest absolute Gasteiger partial charge is 0.331 e. The van der Waals surface area contributed by atoms with E-state index in [0.29, 0.717) is 18.5 Å². The van der Waals surface area contributed by atoms with Gasteiger partial charge in [0.2, 0.25) is 0 Å². The van der Waals surface area contributed by atoms with Crippen LogP contribution >= 0.6 is 0 Å². The van der Waals surface area contributed by atoms with Gasteiger partial charge < -0.3 is 0 Å². The lowest BCUT2D eigenvalue weighted by molar-refractivity contribution is 0.509. The summed E-state index contributed by atoms with van der Waals surface area (Å²) in [5.41, 5.74) is 0.484. The number of unbranched alkanes of at least 4 members (excludes halogenated alkanes) is 6. The van der Waals surface area contributed by atoms with E-state index in [1.54, 1.807) is 4.57 Å². The Labute approximate surface area is 144 Å². The van der Waals surface area contributed by atoms with Crippen LogP contribution in [0.4, 0.5) is 0 Å². The van der Waals surface area contributed by atoms with E-state index in [-0.39, 0.29) is 11.2 Å². The van der Waals surface area contributed by atoms with Gasteiger partial charge in [0.15, 0.2) is 0 Å². The van der Waals surface area contributed by atoms with Crippen molar-refractivity contribution in [3.8, 4) is 0 Å². The number of hydrogen-bond acceptors (Lipinski definition) is 2. The number of hydrogen-bond donors (Lipinski definition) is 0. The molecule has 24 heavy (non-hydrogen) atoms. The van der Waals surface area contributed by atoms with Gasteiger partial charge in [-0.15, -0.1) is 0 Å². The van der Waals surface area contributed by atoms with Crippen molar-refractivity contribution in [2.24, 2.45) is 0 Å². The lowest BCUT2D eigenvalue weighted by atomic mass is 10.2. The van der Waals surface area contributed by atoms with Crippen molar-refractivity contribution >= 4 is 10.9 Å². The second-order valence-electron chi connectivity index (χ2n) is 6.53. The highest BCUT2D eigenvalue weighted by molar-refractivity contribution is 5.77. The zero-order valence-corrected chi connectivity index (χ0v) is 15.1. The minimum atomic E-state index is -0.147. The molecule has 0 N–H and O–H groups in total. The average molecular weight is 330 g/mol. The number of aromatic nitrogens is 2. The lowest BCUT2D eigenvalue weighted by Gasteiger charge is -2.14. The van der Waals surface area contributed by atoms with Crippen LogP contribution in [0.3, 0.4) is 0 Å². The quantitative estimate of drug-likeness (QED) is 0.609. The van der Waals surface area contributed by atoms with Crippen LogP contribution in [-0.4, -0.2) is 9.13 Å². The number of aryl methyl sites for hydroxylation is 1. The van der Waals surface area contributed by atoms with Gasteiger partial charge in [0.1, 0.15) is 0 Å². The van der Waals surface area contributed by atoms with Crippen molar-refractivity contribution in [2.75, 3.05) is 0 Å². The topological polar surface area (TPSA) is 44.0 Å². The fraction of sp³-hybridized carbons (Fsp3) is 0.600. The first-order chi connectivity index (χ1) is 11.7. The molecule has 0 spiro atoms. The summed E-state index contributed by atoms with van der Waals surface area (Å²) in [7, 11) is 0. The van der Waals surface area contributed by atoms with Crippen LogP contribution in [0.25, 0.3) is 10.9 Å². The molecule has 0 radical (unpaired) electrons. The Kier molecular flexibility index (Phi) is 7.29. The summed E-state index contributed by atoms with van der Waals surface area (Å²) in [6.45, 7) is 5.55. The molecule has 0 atom stereocenters. The summed E-state index contributed by atoms with van der Waals surface area (Å²) >= 11 is 0. The molecule has 0 amide bonds. The van der Waals surface area contributed by atoms with Gasteiger partial charge in [0.25, 0.3) is 5.56 Å². The molecular weight excluding hydrogens is 300 g/mol. The van der Waals surface area contributed by atoms with Crippen molar-refractivity contribution < 1.29 is 0 Å². The fourth-order valence-electron chi connectivity index (χ4n) is 3.18. The van der Waals surface area contributed by atoms with E-state index in [2.05, 4.69) is 13.8 Å². The molecule has 2 rings (SSSR count). The van der Waals surface area contributed by atoms with Gasteiger partial charge in [-0.25, -0.2) is 4.79 Å². The minimum absolute atomic E-state index is 0.142. The van der Waals surface area contributed by atoms with E-state index in [9.17, 15) is 9.59 Å². The van der Waals surface area contributed by atoms with Gasteiger partial charge >= 0.3 is 5.69 Å². The van der Waals surface area contributed by atoms with E-state index >= 15 is 0 Å². The molecule has 0 aliphatic heterocycles. The van der Waals surface area contributed by atoms with Crippen LogP contribution in [0.5, 0.6) is 0 Å². The van der Waals surface area contributed by atoms with Gasteiger partial charge in [-0.2, -0.15) is 0 Å². The first kappa shape index (κ1) is 18.5. The zero-order chi connectivity index (χ0) is 17.4. The molecule has 0 unspecified atom stereocenters. The predicted octanol–water partition coefficient (Wildman–Crippen LogP) is 4.32. The third kappa shape index (κ3) is 4.37. The minimum Gasteiger partial charge on any atom is -0.293 e. The van der Waals surface area contributed by atoms with Crippen LogP contribution in [0, 0.1) is 0 Å². The molecule has 0 saturated carbocycles. The van der Waals surface area contributed by atoms with Crippen LogP contribution < -0.4 is 11.2 Å². The van der Waals surface area contributed by atoms with Crippen molar-refractivity contribution in [2.45, 2.75) is 78.3 Å². The van der Waals surface area contributed by atoms with Crippen molar-refractivity contribution in [1.29, 1.82) is 0 Å². The third-order valence-electron chi connectivity index (χ3n) is 4.60. The number of para-hydroxylation sites is 1. The van der Waals surface area contributed by atoms with E-state index in [1.165, 1.54) is 17.4 Å². The molecule has 4 heteroatoms. The maximum Gasteiger partial charge on any atom is 0.331 e. The molecule has 1 heterocycles. The summed E-state index contributed by atoms with van der Waals surface area (Å²) in [5, 5.41) is 0.656. The van der Waals surface area contributed by atoms with Gasteiger partial charge in [0.05, 0.1) is 10.9 Å². The number of nitrogens with zero attached hydrogens (tertiary/aromatic N) is 2. The van der Waals surface area contributed by atoms with Gasteiger partial charge in [-0.3, -0.25) is 13.9 Å². The van der Waals surface area contributed by atoms with E-state index in [1.807, 2.05) is 24.3 Å². The maximum atomic E-state index is 12.9. The summed E-state index contributed by atoms with van der Waals surface area (Å²) < 4.78 is 3.24. The van der Waals surface area contributed by atoms with Crippen LogP contribution in [0.2, 0.25) is 0 Å². The number of benzene rings is 1. The van der Waals surface area contributed by atoms with Gasteiger partial charge in [-0.1, -0.05) is 64.5 Å². The van der Waals surface area contributed by atoms with Gasteiger partial charge in [-0.05, 0) is 25.0 Å². The van der Waals surface area contributed by atoms with E-state index in [4.69, 9.17) is 0 Å². The fourth-order valence-corrected chi connectivity index (χ4v) is 3.18. The summed E-state index contributed by atoms with van der Waals surface area (Å²) in [6.07, 6.45) is 8.69. The van der Waals surface area contributed by atoms with Crippen molar-refractivity contribution in [3.05, 3.63) is 45.1 Å². The first-order valence-electron chi connectivity index (χ1n) is 9.43. The average Bonchev–Trinajstić information content (AvgIpc) is 2.60. The van der Waals surface area contributed by atoms with Crippen molar-refractivity contribution in [1.82, 2.24) is 9.13 Å². The SMILES string of the molecule is CCCCCCn1c(=O)c2ccccc2n(CCCCCC)c1=O. The highest BCUT2D eigenvalue weighted by Crippen LogP contribution is 2.10. The lowest BCUT2D eigenvalue weighted by Crippen LogP contribution is -2.40. The maximum absolute atomic E-state index is 12.9. The Morgan fingerprint density at radius 1 is 0.750 bits per heavy atom. The predicted molar refractivity (Wildman–Crippen MR) is 101 cm³/mol.